The number of rotatable bonds is 5. The van der Waals surface area contributed by atoms with Crippen molar-refractivity contribution in [3.8, 4) is 5.75 Å². The fourth-order valence-electron chi connectivity index (χ4n) is 1.94. The van der Waals surface area contributed by atoms with Crippen LogP contribution in [0.25, 0.3) is 0 Å². The van der Waals surface area contributed by atoms with Crippen LogP contribution in [0.4, 0.5) is 10.1 Å². The summed E-state index contributed by atoms with van der Waals surface area (Å²) < 4.78 is 13.1. The van der Waals surface area contributed by atoms with Crippen LogP contribution in [0.3, 0.4) is 0 Å². The molecular weight excluding hydrogens is 297 g/mol. The van der Waals surface area contributed by atoms with Crippen molar-refractivity contribution in [3.05, 3.63) is 59.4 Å². The topological polar surface area (TPSA) is 73.7 Å². The summed E-state index contributed by atoms with van der Waals surface area (Å²) in [6, 6.07) is 10.5. The Hall–Kier alpha value is -2.89. The van der Waals surface area contributed by atoms with E-state index in [0.29, 0.717) is 11.3 Å². The van der Waals surface area contributed by atoms with Crippen molar-refractivity contribution in [2.75, 3.05) is 5.32 Å². The fourth-order valence-corrected chi connectivity index (χ4v) is 1.94. The molecule has 0 radical (unpaired) electrons. The number of para-hydroxylation sites is 1. The van der Waals surface area contributed by atoms with Crippen LogP contribution in [-0.2, 0) is 4.79 Å². The van der Waals surface area contributed by atoms with Gasteiger partial charge in [0, 0.05) is 11.3 Å². The van der Waals surface area contributed by atoms with E-state index < -0.39 is 6.04 Å². The van der Waals surface area contributed by atoms with Gasteiger partial charge in [-0.3, -0.25) is 4.79 Å². The number of amides is 1. The standard InChI is InChI=1S/C17H18FN3O2/c1-11-5-3-6-13(16(11)22)10-19-21-17(23)12(2)20-15-8-4-7-14(18)9-15/h3-10,12,20,22H,1-2H3,(H,21,23). The number of nitrogens with zero attached hydrogens (tertiary/aromatic N) is 1. The van der Waals surface area contributed by atoms with Crippen molar-refractivity contribution in [2.24, 2.45) is 5.10 Å². The molecule has 1 unspecified atom stereocenters. The lowest BCUT2D eigenvalue weighted by Gasteiger charge is -2.13. The van der Waals surface area contributed by atoms with Gasteiger partial charge in [0.05, 0.1) is 6.21 Å². The van der Waals surface area contributed by atoms with E-state index >= 15 is 0 Å². The summed E-state index contributed by atoms with van der Waals surface area (Å²) in [6.45, 7) is 3.41. The third-order valence-electron chi connectivity index (χ3n) is 3.25. The van der Waals surface area contributed by atoms with Gasteiger partial charge in [0.25, 0.3) is 5.91 Å². The predicted octanol–water partition coefficient (Wildman–Crippen LogP) is 2.79. The summed E-state index contributed by atoms with van der Waals surface area (Å²) in [7, 11) is 0. The van der Waals surface area contributed by atoms with Crippen LogP contribution >= 0.6 is 0 Å². The van der Waals surface area contributed by atoms with Gasteiger partial charge in [0.15, 0.2) is 0 Å². The third-order valence-corrected chi connectivity index (χ3v) is 3.25. The molecule has 0 aliphatic carbocycles. The second-order valence-electron chi connectivity index (χ2n) is 5.12. The van der Waals surface area contributed by atoms with Crippen LogP contribution < -0.4 is 10.7 Å². The molecule has 1 amide bonds. The molecule has 23 heavy (non-hydrogen) atoms. The molecule has 2 aromatic carbocycles. The van der Waals surface area contributed by atoms with E-state index in [-0.39, 0.29) is 17.5 Å². The van der Waals surface area contributed by atoms with E-state index in [1.54, 1.807) is 44.2 Å². The second kappa shape index (κ2) is 7.40. The van der Waals surface area contributed by atoms with Crippen molar-refractivity contribution >= 4 is 17.8 Å². The van der Waals surface area contributed by atoms with E-state index in [2.05, 4.69) is 15.8 Å². The third kappa shape index (κ3) is 4.54. The molecule has 2 rings (SSSR count). The molecule has 6 heteroatoms. The van der Waals surface area contributed by atoms with Crippen LogP contribution in [0.2, 0.25) is 0 Å². The Morgan fingerprint density at radius 1 is 1.30 bits per heavy atom. The summed E-state index contributed by atoms with van der Waals surface area (Å²) in [5.41, 5.74) is 4.12. The number of hydrogen-bond donors (Lipinski definition) is 3. The Morgan fingerprint density at radius 3 is 2.78 bits per heavy atom. The van der Waals surface area contributed by atoms with E-state index in [9.17, 15) is 14.3 Å². The minimum atomic E-state index is -0.597. The van der Waals surface area contributed by atoms with Gasteiger partial charge in [-0.05, 0) is 43.7 Å². The zero-order chi connectivity index (χ0) is 16.8. The van der Waals surface area contributed by atoms with Crippen LogP contribution in [0.15, 0.2) is 47.6 Å². The minimum absolute atomic E-state index is 0.122. The highest BCUT2D eigenvalue weighted by atomic mass is 19.1. The first kappa shape index (κ1) is 16.5. The normalized spacial score (nSPS) is 12.1. The van der Waals surface area contributed by atoms with Crippen molar-refractivity contribution in [3.63, 3.8) is 0 Å². The molecule has 3 N–H and O–H groups in total. The first-order valence-corrected chi connectivity index (χ1v) is 7.11. The number of phenols is 1. The quantitative estimate of drug-likeness (QED) is 0.587. The highest BCUT2D eigenvalue weighted by Crippen LogP contribution is 2.19. The Bertz CT molecular complexity index is 732. The average molecular weight is 315 g/mol. The molecule has 120 valence electrons. The van der Waals surface area contributed by atoms with Crippen LogP contribution in [-0.4, -0.2) is 23.3 Å². The van der Waals surface area contributed by atoms with E-state index in [1.807, 2.05) is 0 Å². The predicted molar refractivity (Wildman–Crippen MR) is 88.1 cm³/mol. The highest BCUT2D eigenvalue weighted by molar-refractivity contribution is 5.87. The largest absolute Gasteiger partial charge is 0.507 e. The Kier molecular flexibility index (Phi) is 5.30. The average Bonchev–Trinajstić information content (AvgIpc) is 2.51. The number of aryl methyl sites for hydroxylation is 1. The number of anilines is 1. The number of carbonyl (C=O) groups excluding carboxylic acids is 1. The van der Waals surface area contributed by atoms with Gasteiger partial charge in [-0.25, -0.2) is 9.82 Å². The van der Waals surface area contributed by atoms with Crippen molar-refractivity contribution in [2.45, 2.75) is 19.9 Å². The molecule has 5 nitrogen and oxygen atoms in total. The zero-order valence-corrected chi connectivity index (χ0v) is 12.9. The zero-order valence-electron chi connectivity index (χ0n) is 12.9. The molecule has 0 saturated carbocycles. The maximum atomic E-state index is 13.1. The first-order valence-electron chi connectivity index (χ1n) is 7.11. The van der Waals surface area contributed by atoms with Crippen molar-refractivity contribution in [1.82, 2.24) is 5.43 Å². The van der Waals surface area contributed by atoms with Crippen molar-refractivity contribution in [1.29, 1.82) is 0 Å². The maximum absolute atomic E-state index is 13.1. The molecule has 0 saturated heterocycles. The van der Waals surface area contributed by atoms with Gasteiger partial charge >= 0.3 is 0 Å². The minimum Gasteiger partial charge on any atom is -0.507 e. The summed E-state index contributed by atoms with van der Waals surface area (Å²) in [5.74, 6) is -0.635. The molecular formula is C17H18FN3O2. The summed E-state index contributed by atoms with van der Waals surface area (Å²) in [4.78, 5) is 11.9. The smallest absolute Gasteiger partial charge is 0.262 e. The molecule has 0 bridgehead atoms. The fraction of sp³-hybridized carbons (Fsp3) is 0.176. The Labute approximate surface area is 133 Å². The number of aromatic hydroxyl groups is 1. The number of carbonyl (C=O) groups is 1. The van der Waals surface area contributed by atoms with E-state index in [4.69, 9.17) is 0 Å². The molecule has 1 atom stereocenters. The van der Waals surface area contributed by atoms with Gasteiger partial charge in [-0.15, -0.1) is 0 Å². The lowest BCUT2D eigenvalue weighted by molar-refractivity contribution is -0.121. The lowest BCUT2D eigenvalue weighted by Crippen LogP contribution is -2.34. The van der Waals surface area contributed by atoms with Crippen molar-refractivity contribution < 1.29 is 14.3 Å². The number of nitrogens with one attached hydrogen (secondary N) is 2. The molecule has 2 aromatic rings. The van der Waals surface area contributed by atoms with Crippen LogP contribution in [0.5, 0.6) is 5.75 Å². The summed E-state index contributed by atoms with van der Waals surface area (Å²) in [5, 5.41) is 16.5. The first-order chi connectivity index (χ1) is 11.0. The van der Waals surface area contributed by atoms with Crippen LogP contribution in [0, 0.1) is 12.7 Å². The van der Waals surface area contributed by atoms with E-state index in [1.165, 1.54) is 18.3 Å². The molecule has 0 aromatic heterocycles. The monoisotopic (exact) mass is 315 g/mol. The number of hydrazone groups is 1. The maximum Gasteiger partial charge on any atom is 0.262 e. The van der Waals surface area contributed by atoms with Gasteiger partial charge in [-0.2, -0.15) is 5.10 Å². The number of benzene rings is 2. The molecule has 0 aliphatic rings. The summed E-state index contributed by atoms with van der Waals surface area (Å²) in [6.07, 6.45) is 1.37. The molecule has 0 spiro atoms. The number of hydrogen-bond acceptors (Lipinski definition) is 4. The Morgan fingerprint density at radius 2 is 2.04 bits per heavy atom. The SMILES string of the molecule is Cc1cccc(C=NNC(=O)C(C)Nc2cccc(F)c2)c1O. The highest BCUT2D eigenvalue weighted by Gasteiger charge is 2.12. The molecule has 0 aliphatic heterocycles. The lowest BCUT2D eigenvalue weighted by atomic mass is 10.1. The summed E-state index contributed by atoms with van der Waals surface area (Å²) >= 11 is 0. The van der Waals surface area contributed by atoms with Gasteiger partial charge in [0.2, 0.25) is 0 Å². The number of phenolic OH excluding ortho intramolecular Hbond substituents is 1. The van der Waals surface area contributed by atoms with E-state index in [0.717, 1.165) is 5.56 Å². The van der Waals surface area contributed by atoms with Gasteiger partial charge in [0.1, 0.15) is 17.6 Å². The van der Waals surface area contributed by atoms with Gasteiger partial charge in [-0.1, -0.05) is 18.2 Å². The van der Waals surface area contributed by atoms with Crippen LogP contribution in [0.1, 0.15) is 18.1 Å². The molecule has 0 heterocycles. The molecule has 0 fully saturated rings. The van der Waals surface area contributed by atoms with Gasteiger partial charge < -0.3 is 10.4 Å². The second-order valence-corrected chi connectivity index (χ2v) is 5.12. The Balaban J connectivity index is 1.93. The number of halogens is 1.